The van der Waals surface area contributed by atoms with Gasteiger partial charge in [0, 0.05) is 55.9 Å². The fourth-order valence-electron chi connectivity index (χ4n) is 4.93. The van der Waals surface area contributed by atoms with E-state index in [0.29, 0.717) is 25.2 Å². The molecule has 2 fully saturated rings. The van der Waals surface area contributed by atoms with Gasteiger partial charge in [0.05, 0.1) is 30.6 Å². The lowest BCUT2D eigenvalue weighted by molar-refractivity contribution is 0.122. The van der Waals surface area contributed by atoms with Crippen molar-refractivity contribution in [3.05, 3.63) is 42.7 Å². The quantitative estimate of drug-likeness (QED) is 0.418. The van der Waals surface area contributed by atoms with Gasteiger partial charge in [0.15, 0.2) is 11.5 Å². The van der Waals surface area contributed by atoms with Crippen molar-refractivity contribution in [1.82, 2.24) is 38.9 Å². The summed E-state index contributed by atoms with van der Waals surface area (Å²) in [4.78, 5) is 16.6. The van der Waals surface area contributed by atoms with Crippen molar-refractivity contribution in [2.45, 2.75) is 25.8 Å². The zero-order valence-corrected chi connectivity index (χ0v) is 19.7. The van der Waals surface area contributed by atoms with Crippen LogP contribution in [0.2, 0.25) is 0 Å². The van der Waals surface area contributed by atoms with Gasteiger partial charge >= 0.3 is 0 Å². The normalized spacial score (nSPS) is 16.5. The second-order valence-electron chi connectivity index (χ2n) is 9.24. The Hall–Kier alpha value is -3.99. The van der Waals surface area contributed by atoms with Gasteiger partial charge in [0.2, 0.25) is 5.95 Å². The van der Waals surface area contributed by atoms with E-state index in [1.165, 1.54) is 12.8 Å². The molecule has 2 aliphatic rings. The highest BCUT2D eigenvalue weighted by atomic mass is 16.5. The van der Waals surface area contributed by atoms with Gasteiger partial charge < -0.3 is 19.5 Å². The molecule has 1 aliphatic carbocycles. The van der Waals surface area contributed by atoms with Crippen LogP contribution in [-0.2, 0) is 11.8 Å². The molecule has 11 heteroatoms. The van der Waals surface area contributed by atoms with Crippen molar-refractivity contribution in [3.63, 3.8) is 0 Å². The van der Waals surface area contributed by atoms with Crippen LogP contribution < -0.4 is 10.2 Å². The van der Waals surface area contributed by atoms with Crippen LogP contribution in [0.1, 0.15) is 24.7 Å². The Morgan fingerprint density at radius 2 is 1.97 bits per heavy atom. The first-order valence-electron chi connectivity index (χ1n) is 12.0. The first kappa shape index (κ1) is 20.4. The van der Waals surface area contributed by atoms with Crippen LogP contribution in [-0.4, -0.2) is 65.2 Å². The van der Waals surface area contributed by atoms with Gasteiger partial charge in [0.1, 0.15) is 11.3 Å². The lowest BCUT2D eigenvalue weighted by Crippen LogP contribution is -2.37. The topological polar surface area (TPSA) is 103 Å². The van der Waals surface area contributed by atoms with E-state index in [2.05, 4.69) is 43.9 Å². The molecule has 0 unspecified atom stereocenters. The molecule has 35 heavy (non-hydrogen) atoms. The highest BCUT2D eigenvalue weighted by molar-refractivity contribution is 5.91. The predicted octanol–water partition coefficient (Wildman–Crippen LogP) is 3.10. The molecular formula is C24H26N10O. The third-order valence-corrected chi connectivity index (χ3v) is 6.71. The van der Waals surface area contributed by atoms with E-state index < -0.39 is 0 Å². The Morgan fingerprint density at radius 1 is 1.11 bits per heavy atom. The first-order valence-corrected chi connectivity index (χ1v) is 12.0. The molecule has 0 radical (unpaired) electrons. The second-order valence-corrected chi connectivity index (χ2v) is 9.24. The van der Waals surface area contributed by atoms with Crippen LogP contribution in [0.5, 0.6) is 0 Å². The number of ether oxygens (including phenoxy) is 1. The Morgan fingerprint density at radius 3 is 2.74 bits per heavy atom. The van der Waals surface area contributed by atoms with Crippen molar-refractivity contribution in [2.24, 2.45) is 7.05 Å². The van der Waals surface area contributed by atoms with Gasteiger partial charge in [0.25, 0.3) is 0 Å². The lowest BCUT2D eigenvalue weighted by atomic mass is 10.1. The SMILES string of the molecule is Cc1nc2ncc(-c3ccn4nc(Nc5cnn(C)c5)nc(N5CCOCC5)c34)cc2n1C1CC1. The Bertz CT molecular complexity index is 1550. The number of rotatable bonds is 5. The van der Waals surface area contributed by atoms with E-state index in [1.54, 1.807) is 10.9 Å². The summed E-state index contributed by atoms with van der Waals surface area (Å²) in [6.45, 7) is 4.95. The maximum Gasteiger partial charge on any atom is 0.247 e. The number of pyridine rings is 1. The molecule has 0 spiro atoms. The third kappa shape index (κ3) is 3.50. The summed E-state index contributed by atoms with van der Waals surface area (Å²) in [6.07, 6.45) is 9.95. The van der Waals surface area contributed by atoms with Crippen molar-refractivity contribution < 1.29 is 4.74 Å². The molecule has 1 N–H and O–H groups in total. The second kappa shape index (κ2) is 7.77. The fourth-order valence-corrected chi connectivity index (χ4v) is 4.93. The third-order valence-electron chi connectivity index (χ3n) is 6.71. The fraction of sp³-hybridized carbons (Fsp3) is 0.375. The molecule has 5 aromatic heterocycles. The zero-order chi connectivity index (χ0) is 23.5. The standard InChI is InChI=1S/C24H26N10O/c1-15-27-22-20(34(15)18-3-4-18)11-16(12-25-22)19-5-6-33-21(19)23(32-7-9-35-10-8-32)29-24(30-33)28-17-13-26-31(2)14-17/h5-6,11-14,18H,3-4,7-10H2,1-2H3,(H,28,30). The minimum atomic E-state index is 0.519. The van der Waals surface area contributed by atoms with Gasteiger partial charge in [-0.15, -0.1) is 5.10 Å². The summed E-state index contributed by atoms with van der Waals surface area (Å²) in [7, 11) is 1.88. The average molecular weight is 471 g/mol. The molecule has 0 aromatic carbocycles. The molecule has 0 amide bonds. The Labute approximate surface area is 201 Å². The van der Waals surface area contributed by atoms with Gasteiger partial charge in [-0.05, 0) is 31.9 Å². The monoisotopic (exact) mass is 470 g/mol. The number of hydrogen-bond acceptors (Lipinski definition) is 8. The number of imidazole rings is 1. The predicted molar refractivity (Wildman–Crippen MR) is 132 cm³/mol. The van der Waals surface area contributed by atoms with Crippen LogP contribution in [0.25, 0.3) is 27.8 Å². The Kier molecular flexibility index (Phi) is 4.53. The maximum absolute atomic E-state index is 5.61. The number of fused-ring (bicyclic) bond motifs is 2. The van der Waals surface area contributed by atoms with Crippen LogP contribution in [0, 0.1) is 6.92 Å². The van der Waals surface area contributed by atoms with Gasteiger partial charge in [-0.2, -0.15) is 10.1 Å². The Balaban J connectivity index is 1.38. The van der Waals surface area contributed by atoms with Gasteiger partial charge in [-0.3, -0.25) is 4.68 Å². The van der Waals surface area contributed by atoms with Crippen LogP contribution in [0.15, 0.2) is 36.9 Å². The van der Waals surface area contributed by atoms with Crippen molar-refractivity contribution >= 4 is 34.1 Å². The van der Waals surface area contributed by atoms with E-state index in [1.807, 2.05) is 30.2 Å². The van der Waals surface area contributed by atoms with E-state index in [4.69, 9.17) is 19.8 Å². The molecule has 0 bridgehead atoms. The number of anilines is 3. The average Bonchev–Trinajstić information content (AvgIpc) is 3.32. The number of aryl methyl sites for hydroxylation is 2. The van der Waals surface area contributed by atoms with Gasteiger partial charge in [-0.1, -0.05) is 0 Å². The number of morpholine rings is 1. The molecular weight excluding hydrogens is 444 g/mol. The van der Waals surface area contributed by atoms with E-state index in [0.717, 1.165) is 58.2 Å². The molecule has 1 saturated carbocycles. The summed E-state index contributed by atoms with van der Waals surface area (Å²) in [5, 5.41) is 12.3. The van der Waals surface area contributed by atoms with Crippen molar-refractivity contribution in [2.75, 3.05) is 36.5 Å². The van der Waals surface area contributed by atoms with E-state index in [-0.39, 0.29) is 0 Å². The van der Waals surface area contributed by atoms with Crippen molar-refractivity contribution in [3.8, 4) is 11.1 Å². The number of hydrogen-bond donors (Lipinski definition) is 1. The lowest BCUT2D eigenvalue weighted by Gasteiger charge is -2.28. The summed E-state index contributed by atoms with van der Waals surface area (Å²) >= 11 is 0. The summed E-state index contributed by atoms with van der Waals surface area (Å²) < 4.78 is 11.6. The van der Waals surface area contributed by atoms with E-state index in [9.17, 15) is 0 Å². The first-order chi connectivity index (χ1) is 17.1. The molecule has 7 rings (SSSR count). The molecule has 0 atom stereocenters. The number of nitrogens with zero attached hydrogens (tertiary/aromatic N) is 9. The number of aromatic nitrogens is 8. The minimum Gasteiger partial charge on any atom is -0.378 e. The zero-order valence-electron chi connectivity index (χ0n) is 19.7. The smallest absolute Gasteiger partial charge is 0.247 e. The molecule has 178 valence electrons. The molecule has 6 heterocycles. The van der Waals surface area contributed by atoms with Gasteiger partial charge in [-0.25, -0.2) is 14.5 Å². The number of nitrogens with one attached hydrogen (secondary N) is 1. The van der Waals surface area contributed by atoms with Crippen molar-refractivity contribution in [1.29, 1.82) is 0 Å². The van der Waals surface area contributed by atoms with E-state index >= 15 is 0 Å². The summed E-state index contributed by atoms with van der Waals surface area (Å²) in [6, 6.07) is 4.84. The maximum atomic E-state index is 5.61. The van der Waals surface area contributed by atoms with Crippen LogP contribution in [0.4, 0.5) is 17.5 Å². The highest BCUT2D eigenvalue weighted by Crippen LogP contribution is 2.40. The van der Waals surface area contributed by atoms with Crippen LogP contribution >= 0.6 is 0 Å². The van der Waals surface area contributed by atoms with Crippen LogP contribution in [0.3, 0.4) is 0 Å². The highest BCUT2D eigenvalue weighted by Gasteiger charge is 2.28. The molecule has 5 aromatic rings. The minimum absolute atomic E-state index is 0.519. The molecule has 1 saturated heterocycles. The molecule has 1 aliphatic heterocycles. The summed E-state index contributed by atoms with van der Waals surface area (Å²) in [5.41, 5.74) is 5.77. The summed E-state index contributed by atoms with van der Waals surface area (Å²) in [5.74, 6) is 2.42. The largest absolute Gasteiger partial charge is 0.378 e. The molecule has 11 nitrogen and oxygen atoms in total.